The standard InChI is InChI=1S/C17H16ClN3/c1-10(2)17-20-15(11(3)16(18)21-17)13-6-4-8-14-12(13)7-5-9-19-14/h4-10H,1-3H3. The Hall–Kier alpha value is -2.00. The van der Waals surface area contributed by atoms with Gasteiger partial charge in [0, 0.05) is 28.6 Å². The monoisotopic (exact) mass is 297 g/mol. The molecule has 3 aromatic rings. The lowest BCUT2D eigenvalue weighted by Crippen LogP contribution is -2.02. The minimum atomic E-state index is 0.231. The molecule has 0 aliphatic heterocycles. The van der Waals surface area contributed by atoms with Crippen LogP contribution >= 0.6 is 11.6 Å². The van der Waals surface area contributed by atoms with Gasteiger partial charge in [-0.1, -0.05) is 43.6 Å². The molecule has 0 saturated carbocycles. The first-order valence-electron chi connectivity index (χ1n) is 6.96. The zero-order valence-electron chi connectivity index (χ0n) is 12.3. The molecule has 3 nitrogen and oxygen atoms in total. The fourth-order valence-electron chi connectivity index (χ4n) is 2.34. The van der Waals surface area contributed by atoms with Gasteiger partial charge in [-0.25, -0.2) is 9.97 Å². The summed E-state index contributed by atoms with van der Waals surface area (Å²) < 4.78 is 0. The molecule has 0 amide bonds. The van der Waals surface area contributed by atoms with Crippen molar-refractivity contribution in [1.82, 2.24) is 15.0 Å². The zero-order chi connectivity index (χ0) is 15.0. The largest absolute Gasteiger partial charge is 0.256 e. The van der Waals surface area contributed by atoms with Crippen LogP contribution in [0.1, 0.15) is 31.2 Å². The summed E-state index contributed by atoms with van der Waals surface area (Å²) in [5, 5.41) is 1.59. The molecule has 0 aliphatic rings. The molecular weight excluding hydrogens is 282 g/mol. The molecule has 0 spiro atoms. The molecule has 21 heavy (non-hydrogen) atoms. The van der Waals surface area contributed by atoms with E-state index in [1.807, 2.05) is 25.1 Å². The van der Waals surface area contributed by atoms with Crippen LogP contribution in [0.15, 0.2) is 36.5 Å². The maximum absolute atomic E-state index is 6.30. The Balaban J connectivity index is 2.32. The Bertz CT molecular complexity index is 807. The molecule has 4 heteroatoms. The fraction of sp³-hybridized carbons (Fsp3) is 0.235. The highest BCUT2D eigenvalue weighted by atomic mass is 35.5. The number of benzene rings is 1. The molecular formula is C17H16ClN3. The Morgan fingerprint density at radius 3 is 2.62 bits per heavy atom. The Morgan fingerprint density at radius 2 is 1.86 bits per heavy atom. The van der Waals surface area contributed by atoms with Gasteiger partial charge in [0.15, 0.2) is 0 Å². The van der Waals surface area contributed by atoms with Crippen LogP contribution in [0, 0.1) is 6.92 Å². The topological polar surface area (TPSA) is 38.7 Å². The van der Waals surface area contributed by atoms with E-state index in [2.05, 4.69) is 35.9 Å². The summed E-state index contributed by atoms with van der Waals surface area (Å²) >= 11 is 6.30. The van der Waals surface area contributed by atoms with E-state index in [1.165, 1.54) is 0 Å². The number of rotatable bonds is 2. The van der Waals surface area contributed by atoms with E-state index in [1.54, 1.807) is 6.20 Å². The van der Waals surface area contributed by atoms with Crippen LogP contribution in [0.25, 0.3) is 22.2 Å². The van der Waals surface area contributed by atoms with Crippen LogP contribution < -0.4 is 0 Å². The van der Waals surface area contributed by atoms with Gasteiger partial charge in [-0.15, -0.1) is 0 Å². The highest BCUT2D eigenvalue weighted by Gasteiger charge is 2.15. The van der Waals surface area contributed by atoms with Gasteiger partial charge in [0.25, 0.3) is 0 Å². The van der Waals surface area contributed by atoms with Gasteiger partial charge in [0.2, 0.25) is 0 Å². The van der Waals surface area contributed by atoms with Crippen molar-refractivity contribution < 1.29 is 0 Å². The second-order valence-electron chi connectivity index (χ2n) is 5.38. The van der Waals surface area contributed by atoms with E-state index < -0.39 is 0 Å². The molecule has 0 N–H and O–H groups in total. The summed E-state index contributed by atoms with van der Waals surface area (Å²) in [6, 6.07) is 10.0. The van der Waals surface area contributed by atoms with Gasteiger partial charge in [0.1, 0.15) is 11.0 Å². The lowest BCUT2D eigenvalue weighted by molar-refractivity contribution is 0.773. The third-order valence-electron chi connectivity index (χ3n) is 3.52. The van der Waals surface area contributed by atoms with Gasteiger partial charge in [-0.05, 0) is 19.1 Å². The zero-order valence-corrected chi connectivity index (χ0v) is 13.0. The second-order valence-corrected chi connectivity index (χ2v) is 5.73. The minimum absolute atomic E-state index is 0.231. The van der Waals surface area contributed by atoms with Crippen molar-refractivity contribution in [3.05, 3.63) is 53.1 Å². The van der Waals surface area contributed by atoms with Crippen molar-refractivity contribution >= 4 is 22.5 Å². The smallest absolute Gasteiger partial charge is 0.136 e. The van der Waals surface area contributed by atoms with E-state index in [0.717, 1.165) is 33.5 Å². The normalized spacial score (nSPS) is 11.3. The van der Waals surface area contributed by atoms with Crippen LogP contribution in [0.5, 0.6) is 0 Å². The van der Waals surface area contributed by atoms with Crippen molar-refractivity contribution in [1.29, 1.82) is 0 Å². The van der Waals surface area contributed by atoms with Crippen LogP contribution in [0.4, 0.5) is 0 Å². The van der Waals surface area contributed by atoms with Crippen molar-refractivity contribution in [2.24, 2.45) is 0 Å². The summed E-state index contributed by atoms with van der Waals surface area (Å²) in [5.74, 6) is 0.997. The number of aromatic nitrogens is 3. The molecule has 0 unspecified atom stereocenters. The van der Waals surface area contributed by atoms with Crippen molar-refractivity contribution in [2.45, 2.75) is 26.7 Å². The van der Waals surface area contributed by atoms with E-state index in [4.69, 9.17) is 16.6 Å². The average molecular weight is 298 g/mol. The number of hydrogen-bond acceptors (Lipinski definition) is 3. The van der Waals surface area contributed by atoms with Crippen LogP contribution in [-0.2, 0) is 0 Å². The lowest BCUT2D eigenvalue weighted by atomic mass is 10.0. The van der Waals surface area contributed by atoms with Crippen LogP contribution in [0.2, 0.25) is 5.15 Å². The summed E-state index contributed by atoms with van der Waals surface area (Å²) in [7, 11) is 0. The molecule has 0 radical (unpaired) electrons. The molecule has 2 heterocycles. The molecule has 0 aliphatic carbocycles. The molecule has 0 atom stereocenters. The maximum atomic E-state index is 6.30. The molecule has 0 bridgehead atoms. The van der Waals surface area contributed by atoms with Gasteiger partial charge in [-0.3, -0.25) is 4.98 Å². The fourth-order valence-corrected chi connectivity index (χ4v) is 2.51. The predicted molar refractivity (Wildman–Crippen MR) is 86.6 cm³/mol. The number of hydrogen-bond donors (Lipinski definition) is 0. The SMILES string of the molecule is Cc1c(Cl)nc(C(C)C)nc1-c1cccc2ncccc12. The molecule has 1 aromatic carbocycles. The quantitative estimate of drug-likeness (QED) is 0.639. The van der Waals surface area contributed by atoms with E-state index >= 15 is 0 Å². The average Bonchev–Trinajstić information content (AvgIpc) is 2.49. The molecule has 2 aromatic heterocycles. The molecule has 0 fully saturated rings. The lowest BCUT2D eigenvalue weighted by Gasteiger charge is -2.13. The van der Waals surface area contributed by atoms with Crippen molar-refractivity contribution in [3.8, 4) is 11.3 Å². The third kappa shape index (κ3) is 2.49. The first kappa shape index (κ1) is 14.0. The maximum Gasteiger partial charge on any atom is 0.136 e. The highest BCUT2D eigenvalue weighted by Crippen LogP contribution is 2.31. The Labute approximate surface area is 129 Å². The second kappa shape index (κ2) is 5.41. The van der Waals surface area contributed by atoms with E-state index in [9.17, 15) is 0 Å². The summed E-state index contributed by atoms with van der Waals surface area (Å²) in [6.45, 7) is 6.09. The Kier molecular flexibility index (Phi) is 3.60. The number of nitrogens with zero attached hydrogens (tertiary/aromatic N) is 3. The molecule has 0 saturated heterocycles. The van der Waals surface area contributed by atoms with Crippen LogP contribution in [-0.4, -0.2) is 15.0 Å². The number of pyridine rings is 1. The third-order valence-corrected chi connectivity index (χ3v) is 3.89. The number of fused-ring (bicyclic) bond motifs is 1. The number of halogens is 1. The first-order valence-corrected chi connectivity index (χ1v) is 7.34. The van der Waals surface area contributed by atoms with Gasteiger partial charge < -0.3 is 0 Å². The predicted octanol–water partition coefficient (Wildman–Crippen LogP) is 4.78. The van der Waals surface area contributed by atoms with Gasteiger partial charge in [-0.2, -0.15) is 0 Å². The van der Waals surface area contributed by atoms with E-state index in [0.29, 0.717) is 5.15 Å². The Morgan fingerprint density at radius 1 is 1.05 bits per heavy atom. The van der Waals surface area contributed by atoms with E-state index in [-0.39, 0.29) is 5.92 Å². The summed E-state index contributed by atoms with van der Waals surface area (Å²) in [6.07, 6.45) is 1.80. The van der Waals surface area contributed by atoms with Gasteiger partial charge >= 0.3 is 0 Å². The highest BCUT2D eigenvalue weighted by molar-refractivity contribution is 6.30. The van der Waals surface area contributed by atoms with Crippen molar-refractivity contribution in [3.63, 3.8) is 0 Å². The minimum Gasteiger partial charge on any atom is -0.256 e. The molecule has 3 rings (SSSR count). The van der Waals surface area contributed by atoms with Gasteiger partial charge in [0.05, 0.1) is 11.2 Å². The summed E-state index contributed by atoms with van der Waals surface area (Å²) in [5.41, 5.74) is 3.79. The first-order chi connectivity index (χ1) is 10.1. The summed E-state index contributed by atoms with van der Waals surface area (Å²) in [4.78, 5) is 13.5. The van der Waals surface area contributed by atoms with Crippen LogP contribution in [0.3, 0.4) is 0 Å². The molecule has 106 valence electrons. The van der Waals surface area contributed by atoms with Crippen molar-refractivity contribution in [2.75, 3.05) is 0 Å².